The lowest BCUT2D eigenvalue weighted by Gasteiger charge is -2.30. The van der Waals surface area contributed by atoms with Crippen LogP contribution in [0.1, 0.15) is 51.9 Å². The number of ketones is 1. The summed E-state index contributed by atoms with van der Waals surface area (Å²) in [7, 11) is 0. The van der Waals surface area contributed by atoms with E-state index in [4.69, 9.17) is 0 Å². The van der Waals surface area contributed by atoms with Gasteiger partial charge in [-0.2, -0.15) is 0 Å². The Balaban J connectivity index is 2.10. The first-order chi connectivity index (χ1) is 9.13. The fourth-order valence-corrected chi connectivity index (χ4v) is 3.13. The number of carbonyl (C=O) groups excluding carboxylic acids is 2. The van der Waals surface area contributed by atoms with Crippen LogP contribution in [0, 0.1) is 5.41 Å². The minimum absolute atomic E-state index is 0.0997. The van der Waals surface area contributed by atoms with Gasteiger partial charge in [0.2, 0.25) is 0 Å². The maximum absolute atomic E-state index is 11.3. The van der Waals surface area contributed by atoms with E-state index in [1.165, 1.54) is 18.4 Å². The van der Waals surface area contributed by atoms with Crippen LogP contribution in [-0.4, -0.2) is 35.9 Å². The third kappa shape index (κ3) is 3.85. The molecule has 19 heavy (non-hydrogen) atoms. The first-order valence-electron chi connectivity index (χ1n) is 7.37. The molecule has 1 unspecified atom stereocenters. The molecule has 0 radical (unpaired) electrons. The van der Waals surface area contributed by atoms with Crippen molar-refractivity contribution in [2.24, 2.45) is 5.41 Å². The fraction of sp³-hybridized carbons (Fsp3) is 0.688. The molecule has 0 spiro atoms. The van der Waals surface area contributed by atoms with E-state index in [-0.39, 0.29) is 11.2 Å². The molecule has 0 amide bonds. The Morgan fingerprint density at radius 2 is 2.16 bits per heavy atom. The van der Waals surface area contributed by atoms with E-state index < -0.39 is 0 Å². The second-order valence-corrected chi connectivity index (χ2v) is 6.07. The fourth-order valence-electron chi connectivity index (χ4n) is 3.13. The second kappa shape index (κ2) is 6.27. The van der Waals surface area contributed by atoms with Gasteiger partial charge in [-0.05, 0) is 32.6 Å². The van der Waals surface area contributed by atoms with Gasteiger partial charge < -0.3 is 0 Å². The van der Waals surface area contributed by atoms with Crippen LogP contribution in [0.5, 0.6) is 0 Å². The van der Waals surface area contributed by atoms with Crippen LogP contribution in [0.25, 0.3) is 0 Å². The van der Waals surface area contributed by atoms with Crippen LogP contribution in [0.2, 0.25) is 0 Å². The van der Waals surface area contributed by atoms with Gasteiger partial charge in [-0.3, -0.25) is 9.59 Å². The molecule has 0 aromatic carbocycles. The van der Waals surface area contributed by atoms with Crippen LogP contribution in [0.3, 0.4) is 0 Å². The van der Waals surface area contributed by atoms with E-state index in [1.54, 1.807) is 0 Å². The number of allylic oxidation sites excluding steroid dienone is 2. The Bertz CT molecular complexity index is 414. The molecule has 1 aliphatic heterocycles. The molecule has 1 heterocycles. The van der Waals surface area contributed by atoms with Gasteiger partial charge in [0.15, 0.2) is 12.1 Å². The average molecular weight is 262 g/mol. The summed E-state index contributed by atoms with van der Waals surface area (Å²) in [5.74, 6) is -0.263. The summed E-state index contributed by atoms with van der Waals surface area (Å²) in [6, 6.07) is 0. The zero-order valence-electron chi connectivity index (χ0n) is 11.9. The smallest absolute Gasteiger partial charge is 0.195 e. The number of Topliss-reactive ketones (excluding diaryl/α,β-unsaturated/α-hetero) is 1. The Kier molecular flexibility index (Phi) is 4.67. The second-order valence-electron chi connectivity index (χ2n) is 6.07. The standard InChI is InChI=1S/C16H24NO2/c1-14-4-7-16(8-5-14,9-6-15(19)12-18)13-17-10-2-3-11-17/h4,12-13H,2-3,5-11H2,1H3/q+1. The van der Waals surface area contributed by atoms with Crippen molar-refractivity contribution in [2.45, 2.75) is 51.9 Å². The predicted octanol–water partition coefficient (Wildman–Crippen LogP) is 2.53. The number of rotatable bonds is 5. The van der Waals surface area contributed by atoms with Crippen LogP contribution in [-0.2, 0) is 9.59 Å². The number of carbonyl (C=O) groups is 2. The van der Waals surface area contributed by atoms with Gasteiger partial charge in [0, 0.05) is 19.3 Å². The van der Waals surface area contributed by atoms with Gasteiger partial charge in [-0.25, -0.2) is 4.58 Å². The molecule has 3 nitrogen and oxygen atoms in total. The van der Waals surface area contributed by atoms with Crippen molar-refractivity contribution in [3.63, 3.8) is 0 Å². The normalized spacial score (nSPS) is 27.0. The van der Waals surface area contributed by atoms with E-state index >= 15 is 0 Å². The summed E-state index contributed by atoms with van der Waals surface area (Å²) in [5, 5.41) is 0. The van der Waals surface area contributed by atoms with Gasteiger partial charge in [-0.15, -0.1) is 0 Å². The summed E-state index contributed by atoms with van der Waals surface area (Å²) in [4.78, 5) is 21.8. The molecule has 104 valence electrons. The summed E-state index contributed by atoms with van der Waals surface area (Å²) >= 11 is 0. The maximum Gasteiger partial charge on any atom is 0.195 e. The summed E-state index contributed by atoms with van der Waals surface area (Å²) < 4.78 is 2.42. The van der Waals surface area contributed by atoms with Gasteiger partial charge in [-0.1, -0.05) is 11.6 Å². The molecule has 0 aromatic heterocycles. The van der Waals surface area contributed by atoms with Crippen molar-refractivity contribution in [3.8, 4) is 0 Å². The highest BCUT2D eigenvalue weighted by Crippen LogP contribution is 2.38. The van der Waals surface area contributed by atoms with Gasteiger partial charge in [0.25, 0.3) is 0 Å². The monoisotopic (exact) mass is 262 g/mol. The lowest BCUT2D eigenvalue weighted by atomic mass is 9.72. The Labute approximate surface area is 115 Å². The molecular formula is C16H24NO2+. The number of hydrogen-bond acceptors (Lipinski definition) is 2. The lowest BCUT2D eigenvalue weighted by molar-refractivity contribution is -0.505. The zero-order valence-corrected chi connectivity index (χ0v) is 11.9. The van der Waals surface area contributed by atoms with E-state index in [0.29, 0.717) is 12.7 Å². The first kappa shape index (κ1) is 14.2. The average Bonchev–Trinajstić information content (AvgIpc) is 2.92. The Hall–Kier alpha value is -1.25. The first-order valence-corrected chi connectivity index (χ1v) is 7.37. The van der Waals surface area contributed by atoms with E-state index in [9.17, 15) is 9.59 Å². The van der Waals surface area contributed by atoms with Crippen LogP contribution in [0.15, 0.2) is 11.6 Å². The van der Waals surface area contributed by atoms with Crippen molar-refractivity contribution in [2.75, 3.05) is 13.1 Å². The highest BCUT2D eigenvalue weighted by atomic mass is 16.2. The van der Waals surface area contributed by atoms with Crippen LogP contribution in [0.4, 0.5) is 0 Å². The quantitative estimate of drug-likeness (QED) is 0.330. The molecule has 0 N–H and O–H groups in total. The molecular weight excluding hydrogens is 238 g/mol. The predicted molar refractivity (Wildman–Crippen MR) is 75.6 cm³/mol. The zero-order chi connectivity index (χ0) is 13.7. The molecule has 1 aliphatic carbocycles. The minimum Gasteiger partial charge on any atom is -0.295 e. The van der Waals surface area contributed by atoms with Crippen molar-refractivity contribution in [3.05, 3.63) is 11.6 Å². The molecule has 0 aromatic rings. The number of aldehydes is 1. The highest BCUT2D eigenvalue weighted by Gasteiger charge is 2.34. The lowest BCUT2D eigenvalue weighted by Crippen LogP contribution is -2.30. The van der Waals surface area contributed by atoms with Gasteiger partial charge >= 0.3 is 0 Å². The largest absolute Gasteiger partial charge is 0.295 e. The van der Waals surface area contributed by atoms with Crippen molar-refractivity contribution in [1.82, 2.24) is 0 Å². The third-order valence-corrected chi connectivity index (χ3v) is 4.47. The molecule has 3 heteroatoms. The summed E-state index contributed by atoms with van der Waals surface area (Å²) in [6.45, 7) is 4.47. The molecule has 0 bridgehead atoms. The summed E-state index contributed by atoms with van der Waals surface area (Å²) in [5.41, 5.74) is 1.55. The highest BCUT2D eigenvalue weighted by molar-refractivity contribution is 6.24. The van der Waals surface area contributed by atoms with E-state index in [2.05, 4.69) is 23.8 Å². The minimum atomic E-state index is -0.263. The molecule has 1 atom stereocenters. The molecule has 0 saturated carbocycles. The SMILES string of the molecule is CC1=CCC(C=[N+]2CCCC2)(CCC(=O)C=O)CC1. The van der Waals surface area contributed by atoms with Crippen molar-refractivity contribution >= 4 is 18.3 Å². The number of nitrogens with zero attached hydrogens (tertiary/aromatic N) is 1. The molecule has 2 aliphatic rings. The number of hydrogen-bond donors (Lipinski definition) is 0. The maximum atomic E-state index is 11.3. The van der Waals surface area contributed by atoms with Gasteiger partial charge in [0.05, 0.1) is 5.41 Å². The van der Waals surface area contributed by atoms with Crippen LogP contribution >= 0.6 is 0 Å². The van der Waals surface area contributed by atoms with Crippen molar-refractivity contribution < 1.29 is 14.2 Å². The Morgan fingerprint density at radius 3 is 2.74 bits per heavy atom. The Morgan fingerprint density at radius 1 is 1.42 bits per heavy atom. The third-order valence-electron chi connectivity index (χ3n) is 4.47. The molecule has 1 fully saturated rings. The molecule has 2 rings (SSSR count). The van der Waals surface area contributed by atoms with E-state index in [0.717, 1.165) is 38.8 Å². The summed E-state index contributed by atoms with van der Waals surface area (Å²) in [6.07, 6.45) is 12.1. The topological polar surface area (TPSA) is 37.1 Å². The van der Waals surface area contributed by atoms with E-state index in [1.807, 2.05) is 0 Å². The van der Waals surface area contributed by atoms with Crippen LogP contribution < -0.4 is 0 Å². The molecule has 1 saturated heterocycles. The van der Waals surface area contributed by atoms with Gasteiger partial charge in [0.1, 0.15) is 19.3 Å². The van der Waals surface area contributed by atoms with Crippen molar-refractivity contribution in [1.29, 1.82) is 0 Å².